The molecule has 1 aromatic heterocycles. The van der Waals surface area contributed by atoms with Crippen molar-refractivity contribution >= 4 is 23.2 Å². The van der Waals surface area contributed by atoms with Gasteiger partial charge in [0.15, 0.2) is 0 Å². The molecule has 0 spiro atoms. The van der Waals surface area contributed by atoms with E-state index < -0.39 is 0 Å². The summed E-state index contributed by atoms with van der Waals surface area (Å²) >= 11 is 6.05. The molecule has 0 atom stereocenters. The maximum absolute atomic E-state index is 13.1. The number of aryl methyl sites for hydroxylation is 1. The van der Waals surface area contributed by atoms with Crippen LogP contribution >= 0.6 is 11.6 Å². The van der Waals surface area contributed by atoms with E-state index in [0.717, 1.165) is 29.1 Å². The molecule has 1 N–H and O–H groups in total. The monoisotopic (exact) mass is 323 g/mol. The minimum Gasteiger partial charge on any atom is -0.323 e. The molecule has 0 aliphatic rings. The molecule has 0 unspecified atom stereocenters. The number of rotatable bonds is 5. The molecule has 0 aliphatic carbocycles. The molecule has 6 heteroatoms. The molecule has 2 rings (SSSR count). The molecule has 1 aromatic carbocycles. The lowest BCUT2D eigenvalue weighted by atomic mass is 10.2. The minimum atomic E-state index is -0.366. The Labute approximate surface area is 134 Å². The van der Waals surface area contributed by atoms with Crippen LogP contribution in [-0.4, -0.2) is 15.7 Å². The van der Waals surface area contributed by atoms with Crippen molar-refractivity contribution in [3.8, 4) is 0 Å². The number of aromatic nitrogens is 2. The number of carbonyl (C=O) groups is 1. The molecule has 0 saturated carbocycles. The van der Waals surface area contributed by atoms with Gasteiger partial charge in [0.2, 0.25) is 5.91 Å². The Bertz CT molecular complexity index is 697. The highest BCUT2D eigenvalue weighted by atomic mass is 35.5. The van der Waals surface area contributed by atoms with Crippen LogP contribution in [0, 0.1) is 19.7 Å². The summed E-state index contributed by atoms with van der Waals surface area (Å²) in [6.07, 6.45) is 1.27. The molecular weight excluding hydrogens is 305 g/mol. The second kappa shape index (κ2) is 6.92. The number of hydrogen-bond donors (Lipinski definition) is 1. The van der Waals surface area contributed by atoms with Crippen LogP contribution in [0.4, 0.5) is 10.1 Å². The summed E-state index contributed by atoms with van der Waals surface area (Å²) in [5.41, 5.74) is 3.11. The molecule has 1 amide bonds. The fraction of sp³-hybridized carbons (Fsp3) is 0.375. The zero-order chi connectivity index (χ0) is 16.3. The molecule has 0 bridgehead atoms. The van der Waals surface area contributed by atoms with Gasteiger partial charge in [0, 0.05) is 11.4 Å². The first-order valence-corrected chi connectivity index (χ1v) is 7.58. The normalized spacial score (nSPS) is 10.8. The fourth-order valence-electron chi connectivity index (χ4n) is 2.27. The van der Waals surface area contributed by atoms with Crippen LogP contribution in [0.1, 0.15) is 36.7 Å². The van der Waals surface area contributed by atoms with E-state index in [-0.39, 0.29) is 11.7 Å². The third kappa shape index (κ3) is 3.65. The average molecular weight is 324 g/mol. The van der Waals surface area contributed by atoms with E-state index in [2.05, 4.69) is 10.4 Å². The average Bonchev–Trinajstić information content (AvgIpc) is 2.70. The molecule has 4 nitrogen and oxygen atoms in total. The third-order valence-electron chi connectivity index (χ3n) is 3.46. The van der Waals surface area contributed by atoms with Gasteiger partial charge in [0.1, 0.15) is 5.82 Å². The van der Waals surface area contributed by atoms with Gasteiger partial charge in [-0.3, -0.25) is 9.48 Å². The van der Waals surface area contributed by atoms with Crippen LogP contribution in [0.25, 0.3) is 0 Å². The number of hydrogen-bond acceptors (Lipinski definition) is 2. The van der Waals surface area contributed by atoms with Crippen molar-refractivity contribution in [1.82, 2.24) is 9.78 Å². The standard InChI is InChI=1S/C16H19ClFN3O/c1-4-5-15(22)19-16-10(2)20-21(11(16)3)9-12-6-7-13(18)8-14(12)17/h6-8H,4-5,9H2,1-3H3,(H,19,22). The van der Waals surface area contributed by atoms with Crippen molar-refractivity contribution in [2.75, 3.05) is 5.32 Å². The van der Waals surface area contributed by atoms with E-state index >= 15 is 0 Å². The minimum absolute atomic E-state index is 0.0203. The van der Waals surface area contributed by atoms with Crippen molar-refractivity contribution in [3.63, 3.8) is 0 Å². The quantitative estimate of drug-likeness (QED) is 0.901. The van der Waals surface area contributed by atoms with Gasteiger partial charge < -0.3 is 5.32 Å². The van der Waals surface area contributed by atoms with E-state index in [1.165, 1.54) is 12.1 Å². The lowest BCUT2D eigenvalue weighted by Crippen LogP contribution is -2.12. The van der Waals surface area contributed by atoms with Crippen LogP contribution in [0.5, 0.6) is 0 Å². The molecule has 2 aromatic rings. The Morgan fingerprint density at radius 2 is 2.14 bits per heavy atom. The van der Waals surface area contributed by atoms with Crippen LogP contribution in [0.2, 0.25) is 5.02 Å². The number of carbonyl (C=O) groups excluding carboxylic acids is 1. The first-order chi connectivity index (χ1) is 10.4. The van der Waals surface area contributed by atoms with Crippen molar-refractivity contribution in [2.45, 2.75) is 40.2 Å². The van der Waals surface area contributed by atoms with Crippen LogP contribution in [0.3, 0.4) is 0 Å². The fourth-order valence-corrected chi connectivity index (χ4v) is 2.50. The zero-order valence-electron chi connectivity index (χ0n) is 12.9. The smallest absolute Gasteiger partial charge is 0.224 e. The summed E-state index contributed by atoms with van der Waals surface area (Å²) in [5, 5.41) is 7.69. The summed E-state index contributed by atoms with van der Waals surface area (Å²) in [6, 6.07) is 4.30. The predicted octanol–water partition coefficient (Wildman–Crippen LogP) is 4.08. The number of amides is 1. The molecule has 118 valence electrons. The largest absolute Gasteiger partial charge is 0.323 e. The van der Waals surface area contributed by atoms with E-state index in [9.17, 15) is 9.18 Å². The van der Waals surface area contributed by atoms with E-state index in [1.807, 2.05) is 20.8 Å². The van der Waals surface area contributed by atoms with Gasteiger partial charge in [-0.25, -0.2) is 4.39 Å². The SMILES string of the molecule is CCCC(=O)Nc1c(C)nn(Cc2ccc(F)cc2Cl)c1C. The molecule has 1 heterocycles. The number of nitrogens with zero attached hydrogens (tertiary/aromatic N) is 2. The highest BCUT2D eigenvalue weighted by molar-refractivity contribution is 6.31. The Morgan fingerprint density at radius 1 is 1.41 bits per heavy atom. The van der Waals surface area contributed by atoms with Gasteiger partial charge in [-0.05, 0) is 38.0 Å². The molecule has 0 saturated heterocycles. The van der Waals surface area contributed by atoms with Crippen molar-refractivity contribution in [2.24, 2.45) is 0 Å². The summed E-state index contributed by atoms with van der Waals surface area (Å²) < 4.78 is 14.9. The topological polar surface area (TPSA) is 46.9 Å². The highest BCUT2D eigenvalue weighted by Crippen LogP contribution is 2.23. The van der Waals surface area contributed by atoms with Gasteiger partial charge in [-0.2, -0.15) is 5.10 Å². The van der Waals surface area contributed by atoms with Crippen molar-refractivity contribution < 1.29 is 9.18 Å². The lowest BCUT2D eigenvalue weighted by Gasteiger charge is -2.08. The van der Waals surface area contributed by atoms with Crippen molar-refractivity contribution in [1.29, 1.82) is 0 Å². The maximum atomic E-state index is 13.1. The second-order valence-electron chi connectivity index (χ2n) is 5.24. The van der Waals surface area contributed by atoms with Crippen molar-refractivity contribution in [3.05, 3.63) is 46.0 Å². The summed E-state index contributed by atoms with van der Waals surface area (Å²) in [5.74, 6) is -0.386. The van der Waals surface area contributed by atoms with E-state index in [1.54, 1.807) is 10.7 Å². The zero-order valence-corrected chi connectivity index (χ0v) is 13.7. The number of nitrogens with one attached hydrogen (secondary N) is 1. The molecule has 0 radical (unpaired) electrons. The second-order valence-corrected chi connectivity index (χ2v) is 5.64. The van der Waals surface area contributed by atoms with Crippen LogP contribution in [-0.2, 0) is 11.3 Å². The summed E-state index contributed by atoms with van der Waals surface area (Å²) in [6.45, 7) is 6.12. The Hall–Kier alpha value is -1.88. The summed E-state index contributed by atoms with van der Waals surface area (Å²) in [4.78, 5) is 11.8. The van der Waals surface area contributed by atoms with Gasteiger partial charge in [-0.1, -0.05) is 24.6 Å². The number of benzene rings is 1. The molecular formula is C16H19ClFN3O. The Kier molecular flexibility index (Phi) is 5.19. The first kappa shape index (κ1) is 16.5. The molecule has 0 fully saturated rings. The lowest BCUT2D eigenvalue weighted by molar-refractivity contribution is -0.116. The van der Waals surface area contributed by atoms with Crippen LogP contribution in [0.15, 0.2) is 18.2 Å². The van der Waals surface area contributed by atoms with Gasteiger partial charge in [0.05, 0.1) is 23.6 Å². The Balaban J connectivity index is 2.24. The molecule has 0 aliphatic heterocycles. The van der Waals surface area contributed by atoms with Gasteiger partial charge in [0.25, 0.3) is 0 Å². The van der Waals surface area contributed by atoms with Gasteiger partial charge >= 0.3 is 0 Å². The predicted molar refractivity (Wildman–Crippen MR) is 85.8 cm³/mol. The van der Waals surface area contributed by atoms with Gasteiger partial charge in [-0.15, -0.1) is 0 Å². The number of halogens is 2. The molecule has 22 heavy (non-hydrogen) atoms. The Morgan fingerprint density at radius 3 is 2.77 bits per heavy atom. The maximum Gasteiger partial charge on any atom is 0.224 e. The third-order valence-corrected chi connectivity index (χ3v) is 3.81. The van der Waals surface area contributed by atoms with E-state index in [4.69, 9.17) is 11.6 Å². The van der Waals surface area contributed by atoms with Crippen LogP contribution < -0.4 is 5.32 Å². The first-order valence-electron chi connectivity index (χ1n) is 7.20. The highest BCUT2D eigenvalue weighted by Gasteiger charge is 2.15. The number of anilines is 1. The summed E-state index contributed by atoms with van der Waals surface area (Å²) in [7, 11) is 0. The van der Waals surface area contributed by atoms with E-state index in [0.29, 0.717) is 18.0 Å².